The number of fused-ring (bicyclic) bond motifs is 1. The summed E-state index contributed by atoms with van der Waals surface area (Å²) in [6.45, 7) is 6.35. The van der Waals surface area contributed by atoms with Gasteiger partial charge in [0.25, 0.3) is 0 Å². The molecule has 7 heteroatoms. The lowest BCUT2D eigenvalue weighted by molar-refractivity contribution is -0.132. The molecule has 1 unspecified atom stereocenters. The highest BCUT2D eigenvalue weighted by atomic mass is 16.5. The van der Waals surface area contributed by atoms with Gasteiger partial charge in [-0.3, -0.25) is 14.4 Å². The van der Waals surface area contributed by atoms with Crippen molar-refractivity contribution in [2.45, 2.75) is 46.6 Å². The Kier molecular flexibility index (Phi) is 6.44. The third kappa shape index (κ3) is 4.94. The summed E-state index contributed by atoms with van der Waals surface area (Å²) in [7, 11) is 0. The van der Waals surface area contributed by atoms with Crippen molar-refractivity contribution >= 4 is 17.7 Å². The molecule has 2 aromatic carbocycles. The van der Waals surface area contributed by atoms with Crippen LogP contribution in [0.4, 0.5) is 0 Å². The van der Waals surface area contributed by atoms with E-state index < -0.39 is 18.0 Å². The zero-order chi connectivity index (χ0) is 22.7. The van der Waals surface area contributed by atoms with Crippen molar-refractivity contribution < 1.29 is 33.7 Å². The average Bonchev–Trinajstić information content (AvgIpc) is 2.66. The van der Waals surface area contributed by atoms with Crippen LogP contribution in [0.25, 0.3) is 0 Å². The molecule has 0 amide bonds. The van der Waals surface area contributed by atoms with Gasteiger partial charge in [0.15, 0.2) is 5.78 Å². The first-order valence-electron chi connectivity index (χ1n) is 9.85. The third-order valence-corrected chi connectivity index (χ3v) is 4.74. The molecule has 0 aromatic heterocycles. The van der Waals surface area contributed by atoms with Crippen LogP contribution >= 0.6 is 0 Å². The number of rotatable bonds is 5. The number of ether oxygens (including phenoxy) is 3. The number of para-hydroxylation sites is 1. The first-order chi connectivity index (χ1) is 14.7. The van der Waals surface area contributed by atoms with E-state index in [1.54, 1.807) is 24.3 Å². The first-order valence-corrected chi connectivity index (χ1v) is 9.85. The van der Waals surface area contributed by atoms with Crippen molar-refractivity contribution in [3.63, 3.8) is 0 Å². The quantitative estimate of drug-likeness (QED) is 0.430. The van der Waals surface area contributed by atoms with Gasteiger partial charge in [0.2, 0.25) is 0 Å². The predicted octanol–water partition coefficient (Wildman–Crippen LogP) is 4.46. The molecule has 1 heterocycles. The monoisotopic (exact) mass is 424 g/mol. The van der Waals surface area contributed by atoms with Gasteiger partial charge in [0.1, 0.15) is 34.7 Å². The van der Waals surface area contributed by atoms with Crippen LogP contribution in [-0.4, -0.2) is 22.8 Å². The highest BCUT2D eigenvalue weighted by Gasteiger charge is 2.34. The molecule has 1 aliphatic heterocycles. The maximum atomic E-state index is 13.0. The molecule has 31 heavy (non-hydrogen) atoms. The molecule has 1 atom stereocenters. The largest absolute Gasteiger partial charge is 0.507 e. The van der Waals surface area contributed by atoms with Crippen LogP contribution in [0.3, 0.4) is 0 Å². The van der Waals surface area contributed by atoms with Gasteiger partial charge in [-0.15, -0.1) is 0 Å². The maximum Gasteiger partial charge on any atom is 0.308 e. The lowest BCUT2D eigenvalue weighted by Gasteiger charge is -2.28. The van der Waals surface area contributed by atoms with Crippen molar-refractivity contribution in [3.8, 4) is 23.0 Å². The van der Waals surface area contributed by atoms with Crippen LogP contribution in [0.1, 0.15) is 61.7 Å². The Hall–Kier alpha value is -3.61. The van der Waals surface area contributed by atoms with Crippen LogP contribution in [-0.2, 0) is 16.0 Å². The SMILES string of the molecule is CC(=O)Oc1ccccc1C1CC(=O)c2c(cc(OC(C)=O)c(CC=C(C)C)c2O)O1. The summed E-state index contributed by atoms with van der Waals surface area (Å²) in [6, 6.07) is 8.22. The Morgan fingerprint density at radius 3 is 2.39 bits per heavy atom. The number of hydrogen-bond donors (Lipinski definition) is 1. The number of ketones is 1. The summed E-state index contributed by atoms with van der Waals surface area (Å²) in [6.07, 6.45) is 1.37. The summed E-state index contributed by atoms with van der Waals surface area (Å²) in [5.74, 6) is -1.11. The predicted molar refractivity (Wildman–Crippen MR) is 113 cm³/mol. The van der Waals surface area contributed by atoms with E-state index in [9.17, 15) is 19.5 Å². The zero-order valence-corrected chi connectivity index (χ0v) is 17.9. The fourth-order valence-corrected chi connectivity index (χ4v) is 3.41. The van der Waals surface area contributed by atoms with Crippen LogP contribution in [0.15, 0.2) is 42.0 Å². The van der Waals surface area contributed by atoms with Crippen molar-refractivity contribution in [3.05, 3.63) is 58.7 Å². The number of esters is 2. The molecular formula is C24H24O7. The highest BCUT2D eigenvalue weighted by Crippen LogP contribution is 2.46. The second kappa shape index (κ2) is 9.04. The van der Waals surface area contributed by atoms with Gasteiger partial charge in [0.05, 0.1) is 6.42 Å². The second-order valence-corrected chi connectivity index (χ2v) is 7.52. The molecule has 0 bridgehead atoms. The summed E-state index contributed by atoms with van der Waals surface area (Å²) >= 11 is 0. The van der Waals surface area contributed by atoms with E-state index in [2.05, 4.69) is 0 Å². The number of allylic oxidation sites excluding steroid dienone is 2. The van der Waals surface area contributed by atoms with Crippen LogP contribution in [0, 0.1) is 0 Å². The smallest absolute Gasteiger partial charge is 0.308 e. The van der Waals surface area contributed by atoms with E-state index >= 15 is 0 Å². The lowest BCUT2D eigenvalue weighted by atomic mass is 9.92. The lowest BCUT2D eigenvalue weighted by Crippen LogP contribution is -2.22. The first kappa shape index (κ1) is 22.1. The van der Waals surface area contributed by atoms with Gasteiger partial charge in [-0.2, -0.15) is 0 Å². The zero-order valence-electron chi connectivity index (χ0n) is 17.9. The Bertz CT molecular complexity index is 1080. The van der Waals surface area contributed by atoms with Gasteiger partial charge < -0.3 is 19.3 Å². The average molecular weight is 424 g/mol. The second-order valence-electron chi connectivity index (χ2n) is 7.52. The molecular weight excluding hydrogens is 400 g/mol. The Labute approximate surface area is 180 Å². The number of aromatic hydroxyl groups is 1. The van der Waals surface area contributed by atoms with Crippen molar-refractivity contribution in [2.24, 2.45) is 0 Å². The van der Waals surface area contributed by atoms with E-state index in [-0.39, 0.29) is 41.4 Å². The molecule has 0 spiro atoms. The molecule has 0 aliphatic carbocycles. The number of benzene rings is 2. The number of Topliss-reactive ketones (excluding diaryl/α,β-unsaturated/α-hetero) is 1. The minimum Gasteiger partial charge on any atom is -0.507 e. The van der Waals surface area contributed by atoms with Gasteiger partial charge in [-0.25, -0.2) is 0 Å². The van der Waals surface area contributed by atoms with E-state index in [4.69, 9.17) is 14.2 Å². The number of carbonyl (C=O) groups excluding carboxylic acids is 3. The molecule has 0 radical (unpaired) electrons. The summed E-state index contributed by atoms with van der Waals surface area (Å²) < 4.78 is 16.5. The minimum atomic E-state index is -0.733. The normalized spacial score (nSPS) is 14.8. The van der Waals surface area contributed by atoms with E-state index in [1.807, 2.05) is 19.9 Å². The van der Waals surface area contributed by atoms with E-state index in [1.165, 1.54) is 19.9 Å². The molecule has 0 fully saturated rings. The number of phenols is 1. The van der Waals surface area contributed by atoms with Crippen LogP contribution in [0.2, 0.25) is 0 Å². The molecule has 1 N–H and O–H groups in total. The maximum absolute atomic E-state index is 13.0. The molecule has 0 saturated carbocycles. The van der Waals surface area contributed by atoms with Gasteiger partial charge in [-0.1, -0.05) is 29.8 Å². The summed E-state index contributed by atoms with van der Waals surface area (Å²) in [5, 5.41) is 10.9. The molecule has 7 nitrogen and oxygen atoms in total. The minimum absolute atomic E-state index is 0.0478. The van der Waals surface area contributed by atoms with Gasteiger partial charge in [-0.05, 0) is 26.3 Å². The number of hydrogen-bond acceptors (Lipinski definition) is 7. The summed E-state index contributed by atoms with van der Waals surface area (Å²) in [5.41, 5.74) is 1.93. The van der Waals surface area contributed by atoms with Crippen molar-refractivity contribution in [1.82, 2.24) is 0 Å². The Morgan fingerprint density at radius 1 is 1.10 bits per heavy atom. The molecule has 2 aromatic rings. The Balaban J connectivity index is 2.07. The highest BCUT2D eigenvalue weighted by molar-refractivity contribution is 6.03. The van der Waals surface area contributed by atoms with E-state index in [0.717, 1.165) is 5.57 Å². The molecule has 3 rings (SSSR count). The number of phenolic OH excluding ortho intramolecular Hbond substituents is 1. The fraction of sp³-hybridized carbons (Fsp3) is 0.292. The van der Waals surface area contributed by atoms with Crippen LogP contribution in [0.5, 0.6) is 23.0 Å². The Morgan fingerprint density at radius 2 is 1.74 bits per heavy atom. The third-order valence-electron chi connectivity index (χ3n) is 4.74. The standard InChI is InChI=1S/C24H24O7/c1-13(2)9-10-17-21(30-15(4)26)12-22-23(24(17)28)18(27)11-20(31-22)16-7-5-6-8-19(16)29-14(3)25/h5-9,12,20,28H,10-11H2,1-4H3. The fourth-order valence-electron chi connectivity index (χ4n) is 3.41. The van der Waals surface area contributed by atoms with Crippen LogP contribution < -0.4 is 14.2 Å². The number of carbonyl (C=O) groups is 3. The van der Waals surface area contributed by atoms with Crippen molar-refractivity contribution in [1.29, 1.82) is 0 Å². The van der Waals surface area contributed by atoms with Gasteiger partial charge >= 0.3 is 11.9 Å². The molecule has 162 valence electrons. The van der Waals surface area contributed by atoms with Gasteiger partial charge in [0, 0.05) is 31.0 Å². The van der Waals surface area contributed by atoms with Crippen molar-refractivity contribution in [2.75, 3.05) is 0 Å². The summed E-state index contributed by atoms with van der Waals surface area (Å²) in [4.78, 5) is 36.0. The molecule has 1 aliphatic rings. The molecule has 0 saturated heterocycles. The van der Waals surface area contributed by atoms with E-state index in [0.29, 0.717) is 16.9 Å². The topological polar surface area (TPSA) is 99.1 Å².